The van der Waals surface area contributed by atoms with E-state index in [1.54, 1.807) is 18.2 Å². The van der Waals surface area contributed by atoms with Gasteiger partial charge in [-0.05, 0) is 18.2 Å². The highest BCUT2D eigenvalue weighted by Crippen LogP contribution is 2.24. The van der Waals surface area contributed by atoms with Gasteiger partial charge >= 0.3 is 5.97 Å². The highest BCUT2D eigenvalue weighted by Gasteiger charge is 2.17. The van der Waals surface area contributed by atoms with Crippen molar-refractivity contribution in [1.82, 2.24) is 10.3 Å². The third-order valence-electron chi connectivity index (χ3n) is 2.60. The number of methoxy groups -OCH3 is 1. The Labute approximate surface area is 118 Å². The van der Waals surface area contributed by atoms with Gasteiger partial charge in [0.1, 0.15) is 0 Å². The number of nitrogens with two attached hydrogens (primary N) is 1. The van der Waals surface area contributed by atoms with Gasteiger partial charge in [-0.3, -0.25) is 4.79 Å². The quantitative estimate of drug-likeness (QED) is 0.691. The molecule has 0 saturated heterocycles. The van der Waals surface area contributed by atoms with E-state index < -0.39 is 18.0 Å². The van der Waals surface area contributed by atoms with Crippen molar-refractivity contribution in [1.29, 1.82) is 0 Å². The number of ether oxygens (including phenoxy) is 1. The second kappa shape index (κ2) is 5.85. The highest BCUT2D eigenvalue weighted by molar-refractivity contribution is 7.22. The van der Waals surface area contributed by atoms with Crippen LogP contribution in [0.3, 0.4) is 0 Å². The van der Waals surface area contributed by atoms with Gasteiger partial charge in [-0.15, -0.1) is 0 Å². The number of rotatable bonds is 4. The SMILES string of the molecule is COC(=O)C(O)CNC(=O)c1ccc2nc(N)sc2c1. The fraction of sp³-hybridized carbons (Fsp3) is 0.250. The highest BCUT2D eigenvalue weighted by atomic mass is 32.1. The number of fused-ring (bicyclic) bond motifs is 1. The van der Waals surface area contributed by atoms with E-state index >= 15 is 0 Å². The summed E-state index contributed by atoms with van der Waals surface area (Å²) in [6, 6.07) is 4.94. The van der Waals surface area contributed by atoms with Crippen LogP contribution in [-0.4, -0.2) is 41.7 Å². The lowest BCUT2D eigenvalue weighted by atomic mass is 10.2. The summed E-state index contributed by atoms with van der Waals surface area (Å²) in [7, 11) is 1.16. The van der Waals surface area contributed by atoms with Gasteiger partial charge in [0.05, 0.1) is 23.9 Å². The van der Waals surface area contributed by atoms with Crippen molar-refractivity contribution < 1.29 is 19.4 Å². The Balaban J connectivity index is 2.05. The number of carbonyl (C=O) groups excluding carboxylic acids is 2. The summed E-state index contributed by atoms with van der Waals surface area (Å²) in [5, 5.41) is 12.3. The molecule has 1 amide bonds. The molecule has 1 aromatic carbocycles. The van der Waals surface area contributed by atoms with Crippen molar-refractivity contribution in [3.05, 3.63) is 23.8 Å². The van der Waals surface area contributed by atoms with Crippen molar-refractivity contribution in [3.8, 4) is 0 Å². The fourth-order valence-corrected chi connectivity index (χ4v) is 2.37. The topological polar surface area (TPSA) is 115 Å². The maximum Gasteiger partial charge on any atom is 0.336 e. The summed E-state index contributed by atoms with van der Waals surface area (Å²) in [6.45, 7) is -0.214. The number of esters is 1. The Morgan fingerprint density at radius 1 is 1.55 bits per heavy atom. The predicted molar refractivity (Wildman–Crippen MR) is 74.4 cm³/mol. The van der Waals surface area contributed by atoms with E-state index in [0.717, 1.165) is 17.3 Å². The molecule has 106 valence electrons. The number of hydrogen-bond acceptors (Lipinski definition) is 7. The molecule has 20 heavy (non-hydrogen) atoms. The van der Waals surface area contributed by atoms with Crippen LogP contribution in [-0.2, 0) is 9.53 Å². The number of carbonyl (C=O) groups is 2. The first kappa shape index (κ1) is 14.2. The zero-order valence-corrected chi connectivity index (χ0v) is 11.4. The van der Waals surface area contributed by atoms with E-state index in [-0.39, 0.29) is 6.54 Å². The molecule has 0 aliphatic heterocycles. The Morgan fingerprint density at radius 3 is 3.00 bits per heavy atom. The molecule has 0 radical (unpaired) electrons. The molecule has 0 bridgehead atoms. The van der Waals surface area contributed by atoms with Crippen LogP contribution >= 0.6 is 11.3 Å². The van der Waals surface area contributed by atoms with Crippen LogP contribution < -0.4 is 11.1 Å². The molecular weight excluding hydrogens is 282 g/mol. The van der Waals surface area contributed by atoms with E-state index in [4.69, 9.17) is 5.73 Å². The standard InChI is InChI=1S/C12H13N3O4S/c1-19-11(18)8(16)5-14-10(17)6-2-3-7-9(4-6)20-12(13)15-7/h2-4,8,16H,5H2,1H3,(H2,13,15)(H,14,17). The van der Waals surface area contributed by atoms with E-state index in [1.807, 2.05) is 0 Å². The van der Waals surface area contributed by atoms with Gasteiger partial charge in [0.15, 0.2) is 11.2 Å². The monoisotopic (exact) mass is 295 g/mol. The van der Waals surface area contributed by atoms with E-state index in [9.17, 15) is 14.7 Å². The average Bonchev–Trinajstić information content (AvgIpc) is 2.82. The molecule has 7 nitrogen and oxygen atoms in total. The van der Waals surface area contributed by atoms with Crippen molar-refractivity contribution in [2.45, 2.75) is 6.10 Å². The van der Waals surface area contributed by atoms with Gasteiger partial charge < -0.3 is 20.9 Å². The van der Waals surface area contributed by atoms with Crippen LogP contribution in [0.1, 0.15) is 10.4 Å². The fourth-order valence-electron chi connectivity index (χ4n) is 1.59. The molecule has 0 spiro atoms. The summed E-state index contributed by atoms with van der Waals surface area (Å²) in [4.78, 5) is 27.0. The van der Waals surface area contributed by atoms with Crippen LogP contribution in [0.4, 0.5) is 5.13 Å². The van der Waals surface area contributed by atoms with Crippen LogP contribution in [0.2, 0.25) is 0 Å². The summed E-state index contributed by atoms with van der Waals surface area (Å²) < 4.78 is 5.14. The average molecular weight is 295 g/mol. The Morgan fingerprint density at radius 2 is 2.30 bits per heavy atom. The maximum atomic E-state index is 11.9. The van der Waals surface area contributed by atoms with E-state index in [2.05, 4.69) is 15.0 Å². The third-order valence-corrected chi connectivity index (χ3v) is 3.44. The molecule has 8 heteroatoms. The number of aliphatic hydroxyl groups excluding tert-OH is 1. The second-order valence-electron chi connectivity index (χ2n) is 3.98. The summed E-state index contributed by atoms with van der Waals surface area (Å²) in [5.41, 5.74) is 6.71. The van der Waals surface area contributed by atoms with Crippen LogP contribution in [0.15, 0.2) is 18.2 Å². The number of nitrogen functional groups attached to an aromatic ring is 1. The van der Waals surface area contributed by atoms with Crippen molar-refractivity contribution >= 4 is 38.6 Å². The van der Waals surface area contributed by atoms with Crippen LogP contribution in [0.25, 0.3) is 10.2 Å². The predicted octanol–water partition coefficient (Wildman–Crippen LogP) is 0.142. The molecule has 0 aliphatic rings. The molecule has 2 rings (SSSR count). The molecule has 1 heterocycles. The zero-order valence-electron chi connectivity index (χ0n) is 10.6. The summed E-state index contributed by atoms with van der Waals surface area (Å²) in [6.07, 6.45) is -1.38. The van der Waals surface area contributed by atoms with Crippen LogP contribution in [0, 0.1) is 0 Å². The van der Waals surface area contributed by atoms with Crippen molar-refractivity contribution in [2.75, 3.05) is 19.4 Å². The number of nitrogens with one attached hydrogen (secondary N) is 1. The normalized spacial score (nSPS) is 12.1. The first-order valence-corrected chi connectivity index (χ1v) is 6.53. The number of nitrogens with zero attached hydrogens (tertiary/aromatic N) is 1. The lowest BCUT2D eigenvalue weighted by molar-refractivity contribution is -0.149. The lowest BCUT2D eigenvalue weighted by Crippen LogP contribution is -2.37. The molecule has 1 atom stereocenters. The molecule has 0 saturated carbocycles. The van der Waals surface area contributed by atoms with Gasteiger partial charge in [0.2, 0.25) is 0 Å². The first-order valence-electron chi connectivity index (χ1n) is 5.71. The summed E-state index contributed by atoms with van der Waals surface area (Å²) >= 11 is 1.28. The zero-order chi connectivity index (χ0) is 14.7. The number of aliphatic hydroxyl groups is 1. The number of amides is 1. The van der Waals surface area contributed by atoms with Crippen molar-refractivity contribution in [3.63, 3.8) is 0 Å². The number of aromatic nitrogens is 1. The maximum absolute atomic E-state index is 11.9. The lowest BCUT2D eigenvalue weighted by Gasteiger charge is -2.09. The minimum absolute atomic E-state index is 0.214. The first-order chi connectivity index (χ1) is 9.51. The minimum Gasteiger partial charge on any atom is -0.467 e. The van der Waals surface area contributed by atoms with Gasteiger partial charge in [-0.25, -0.2) is 9.78 Å². The molecule has 2 aromatic rings. The van der Waals surface area contributed by atoms with Gasteiger partial charge in [-0.1, -0.05) is 11.3 Å². The number of benzene rings is 1. The Hall–Kier alpha value is -2.19. The van der Waals surface area contributed by atoms with Gasteiger partial charge in [0, 0.05) is 5.56 Å². The smallest absolute Gasteiger partial charge is 0.336 e. The largest absolute Gasteiger partial charge is 0.467 e. The van der Waals surface area contributed by atoms with E-state index in [1.165, 1.54) is 11.3 Å². The van der Waals surface area contributed by atoms with E-state index in [0.29, 0.717) is 10.7 Å². The minimum atomic E-state index is -1.38. The number of thiazole rings is 1. The van der Waals surface area contributed by atoms with Gasteiger partial charge in [0.25, 0.3) is 5.91 Å². The Kier molecular flexibility index (Phi) is 4.16. The second-order valence-corrected chi connectivity index (χ2v) is 5.05. The number of anilines is 1. The number of hydrogen-bond donors (Lipinski definition) is 3. The van der Waals surface area contributed by atoms with Crippen LogP contribution in [0.5, 0.6) is 0 Å². The Bertz CT molecular complexity index is 655. The van der Waals surface area contributed by atoms with Crippen molar-refractivity contribution in [2.24, 2.45) is 0 Å². The molecular formula is C12H13N3O4S. The molecule has 4 N–H and O–H groups in total. The summed E-state index contributed by atoms with van der Waals surface area (Å²) in [5.74, 6) is -1.20. The van der Waals surface area contributed by atoms with Gasteiger partial charge in [-0.2, -0.15) is 0 Å². The molecule has 0 fully saturated rings. The molecule has 0 aliphatic carbocycles. The molecule has 1 aromatic heterocycles. The molecule has 1 unspecified atom stereocenters. The third kappa shape index (κ3) is 3.03.